The van der Waals surface area contributed by atoms with Gasteiger partial charge in [-0.25, -0.2) is 12.7 Å². The number of alkyl halides is 3. The Kier molecular flexibility index (Phi) is 4.99. The highest BCUT2D eigenvalue weighted by Gasteiger charge is 2.63. The SMILES string of the molecule is CCS(=O)(=O)N1CCC[C@H](C(=O)N2N=C(C)C[C@]2(O)C(F)(F)F)C1. The van der Waals surface area contributed by atoms with E-state index in [0.29, 0.717) is 6.42 Å². The van der Waals surface area contributed by atoms with Gasteiger partial charge in [-0.1, -0.05) is 0 Å². The molecule has 2 aliphatic rings. The van der Waals surface area contributed by atoms with Crippen molar-refractivity contribution in [1.29, 1.82) is 0 Å². The topological polar surface area (TPSA) is 90.3 Å². The van der Waals surface area contributed by atoms with E-state index < -0.39 is 40.2 Å². The van der Waals surface area contributed by atoms with Crippen LogP contribution in [0.5, 0.6) is 0 Å². The Bertz CT molecular complexity index is 649. The molecule has 0 unspecified atom stereocenters. The lowest BCUT2D eigenvalue weighted by Gasteiger charge is -2.37. The van der Waals surface area contributed by atoms with Crippen molar-refractivity contribution in [3.63, 3.8) is 0 Å². The van der Waals surface area contributed by atoms with Crippen LogP contribution in [0.15, 0.2) is 5.10 Å². The number of amides is 1. The molecule has 2 aliphatic heterocycles. The van der Waals surface area contributed by atoms with Crippen molar-refractivity contribution in [2.24, 2.45) is 11.0 Å². The van der Waals surface area contributed by atoms with Crippen LogP contribution in [0.25, 0.3) is 0 Å². The predicted molar refractivity (Wildman–Crippen MR) is 79.3 cm³/mol. The summed E-state index contributed by atoms with van der Waals surface area (Å²) in [5.41, 5.74) is -3.39. The molecule has 1 saturated heterocycles. The van der Waals surface area contributed by atoms with Crippen molar-refractivity contribution in [1.82, 2.24) is 9.31 Å². The van der Waals surface area contributed by atoms with E-state index in [0.717, 1.165) is 4.31 Å². The fourth-order valence-corrected chi connectivity index (χ4v) is 4.10. The molecule has 0 aromatic heterocycles. The summed E-state index contributed by atoms with van der Waals surface area (Å²) in [6.07, 6.45) is -5.27. The Morgan fingerprint density at radius 1 is 1.46 bits per heavy atom. The zero-order valence-corrected chi connectivity index (χ0v) is 14.2. The van der Waals surface area contributed by atoms with Gasteiger partial charge in [-0.05, 0) is 26.7 Å². The number of rotatable bonds is 3. The lowest BCUT2D eigenvalue weighted by molar-refractivity contribution is -0.303. The summed E-state index contributed by atoms with van der Waals surface area (Å²) in [6, 6.07) is 0. The number of piperidine rings is 1. The highest BCUT2D eigenvalue weighted by molar-refractivity contribution is 7.89. The highest BCUT2D eigenvalue weighted by Crippen LogP contribution is 2.41. The molecule has 0 radical (unpaired) electrons. The number of nitrogens with zero attached hydrogens (tertiary/aromatic N) is 3. The first-order chi connectivity index (χ1) is 10.9. The molecule has 2 rings (SSSR count). The molecule has 24 heavy (non-hydrogen) atoms. The molecule has 2 heterocycles. The van der Waals surface area contributed by atoms with Gasteiger partial charge in [0.2, 0.25) is 15.9 Å². The van der Waals surface area contributed by atoms with Gasteiger partial charge in [0.15, 0.2) is 0 Å². The largest absolute Gasteiger partial charge is 0.438 e. The summed E-state index contributed by atoms with van der Waals surface area (Å²) in [5, 5.41) is 13.6. The molecule has 0 spiro atoms. The van der Waals surface area contributed by atoms with Gasteiger partial charge in [-0.2, -0.15) is 23.3 Å². The zero-order valence-electron chi connectivity index (χ0n) is 13.4. The predicted octanol–water partition coefficient (Wildman–Crippen LogP) is 0.907. The van der Waals surface area contributed by atoms with E-state index in [4.69, 9.17) is 0 Å². The molecule has 0 bridgehead atoms. The quantitative estimate of drug-likeness (QED) is 0.798. The summed E-state index contributed by atoms with van der Waals surface area (Å²) in [4.78, 5) is 12.5. The molecule has 138 valence electrons. The minimum absolute atomic E-state index is 0.0166. The lowest BCUT2D eigenvalue weighted by atomic mass is 9.97. The van der Waals surface area contributed by atoms with Crippen molar-refractivity contribution in [3.8, 4) is 0 Å². The second-order valence-electron chi connectivity index (χ2n) is 6.07. The smallest absolute Gasteiger partial charge is 0.362 e. The van der Waals surface area contributed by atoms with Gasteiger partial charge in [0, 0.05) is 25.2 Å². The Morgan fingerprint density at radius 3 is 2.62 bits per heavy atom. The molecule has 11 heteroatoms. The van der Waals surface area contributed by atoms with Crippen LogP contribution in [0.2, 0.25) is 0 Å². The van der Waals surface area contributed by atoms with Crippen LogP contribution in [0, 0.1) is 5.92 Å². The van der Waals surface area contributed by atoms with Gasteiger partial charge in [-0.15, -0.1) is 0 Å². The molecule has 0 aliphatic carbocycles. The number of hydrogen-bond donors (Lipinski definition) is 1. The second kappa shape index (κ2) is 6.26. The number of aliphatic hydroxyl groups is 1. The number of carbonyl (C=O) groups excluding carboxylic acids is 1. The molecule has 1 fully saturated rings. The van der Waals surface area contributed by atoms with Crippen molar-refractivity contribution in [3.05, 3.63) is 0 Å². The summed E-state index contributed by atoms with van der Waals surface area (Å²) < 4.78 is 64.5. The van der Waals surface area contributed by atoms with E-state index in [2.05, 4.69) is 5.10 Å². The fraction of sp³-hybridized carbons (Fsp3) is 0.846. The van der Waals surface area contributed by atoms with Crippen molar-refractivity contribution >= 4 is 21.6 Å². The normalized spacial score (nSPS) is 29.7. The van der Waals surface area contributed by atoms with Crippen LogP contribution in [-0.2, 0) is 14.8 Å². The van der Waals surface area contributed by atoms with E-state index in [1.807, 2.05) is 0 Å². The van der Waals surface area contributed by atoms with Crippen molar-refractivity contribution in [2.75, 3.05) is 18.8 Å². The van der Waals surface area contributed by atoms with Crippen molar-refractivity contribution in [2.45, 2.75) is 45.0 Å². The standard InChI is InChI=1S/C13H20F3N3O4S/c1-3-24(22,23)18-6-4-5-10(8-18)11(20)19-12(21,13(14,15)16)7-9(2)17-19/h10,21H,3-8H2,1-2H3/t10-,12-/m0/s1. The maximum Gasteiger partial charge on any atom is 0.438 e. The fourth-order valence-electron chi connectivity index (χ4n) is 2.92. The Balaban J connectivity index is 2.24. The Morgan fingerprint density at radius 2 is 2.08 bits per heavy atom. The van der Waals surface area contributed by atoms with E-state index in [9.17, 15) is 31.5 Å². The van der Waals surface area contributed by atoms with Gasteiger partial charge < -0.3 is 5.11 Å². The molecule has 0 aromatic carbocycles. The molecule has 1 amide bonds. The number of hydrogen-bond acceptors (Lipinski definition) is 5. The Labute approximate surface area is 138 Å². The third-order valence-electron chi connectivity index (χ3n) is 4.28. The zero-order chi connectivity index (χ0) is 18.3. The molecular weight excluding hydrogens is 351 g/mol. The number of carbonyl (C=O) groups is 1. The van der Waals surface area contributed by atoms with Gasteiger partial charge in [-0.3, -0.25) is 4.79 Å². The maximum atomic E-state index is 13.2. The first-order valence-electron chi connectivity index (χ1n) is 7.57. The van der Waals surface area contributed by atoms with Gasteiger partial charge >= 0.3 is 6.18 Å². The van der Waals surface area contributed by atoms with Crippen LogP contribution < -0.4 is 0 Å². The molecule has 7 nitrogen and oxygen atoms in total. The minimum atomic E-state index is -5.06. The van der Waals surface area contributed by atoms with Gasteiger partial charge in [0.05, 0.1) is 11.7 Å². The van der Waals surface area contributed by atoms with Crippen LogP contribution in [0.1, 0.15) is 33.1 Å². The van der Waals surface area contributed by atoms with Crippen LogP contribution >= 0.6 is 0 Å². The molecule has 2 atom stereocenters. The second-order valence-corrected chi connectivity index (χ2v) is 8.33. The van der Waals surface area contributed by atoms with E-state index >= 15 is 0 Å². The van der Waals surface area contributed by atoms with Crippen LogP contribution in [0.4, 0.5) is 13.2 Å². The van der Waals surface area contributed by atoms with E-state index in [1.54, 1.807) is 0 Å². The van der Waals surface area contributed by atoms with E-state index in [-0.39, 0.29) is 36.0 Å². The summed E-state index contributed by atoms with van der Waals surface area (Å²) in [5.74, 6) is -2.13. The highest BCUT2D eigenvalue weighted by atomic mass is 32.2. The summed E-state index contributed by atoms with van der Waals surface area (Å²) in [7, 11) is -3.54. The average Bonchev–Trinajstić information content (AvgIpc) is 2.82. The molecule has 0 saturated carbocycles. The van der Waals surface area contributed by atoms with Gasteiger partial charge in [0.1, 0.15) is 0 Å². The monoisotopic (exact) mass is 371 g/mol. The Hall–Kier alpha value is -1.20. The number of halogens is 3. The molecular formula is C13H20F3N3O4S. The first-order valence-corrected chi connectivity index (χ1v) is 9.18. The van der Waals surface area contributed by atoms with Crippen LogP contribution in [-0.4, -0.2) is 65.2 Å². The third-order valence-corrected chi connectivity index (χ3v) is 6.13. The molecule has 0 aromatic rings. The minimum Gasteiger partial charge on any atom is -0.362 e. The van der Waals surface area contributed by atoms with E-state index in [1.165, 1.54) is 13.8 Å². The first kappa shape index (κ1) is 19.1. The molecule has 1 N–H and O–H groups in total. The average molecular weight is 371 g/mol. The van der Waals surface area contributed by atoms with Crippen LogP contribution in [0.3, 0.4) is 0 Å². The van der Waals surface area contributed by atoms with Gasteiger partial charge in [0.25, 0.3) is 5.72 Å². The number of sulfonamides is 1. The third kappa shape index (κ3) is 3.29. The number of hydrazone groups is 1. The summed E-state index contributed by atoms with van der Waals surface area (Å²) >= 11 is 0. The summed E-state index contributed by atoms with van der Waals surface area (Å²) in [6.45, 7) is 2.77. The van der Waals surface area contributed by atoms with Crippen molar-refractivity contribution < 1.29 is 31.5 Å². The maximum absolute atomic E-state index is 13.2. The lowest BCUT2D eigenvalue weighted by Crippen LogP contribution is -2.59.